The molecule has 9 aliphatic rings. The molecule has 0 spiro atoms. The van der Waals surface area contributed by atoms with Gasteiger partial charge < -0.3 is 0 Å². The van der Waals surface area contributed by atoms with Crippen LogP contribution >= 0.6 is 0 Å². The molecule has 9 saturated carbocycles. The largest absolute Gasteiger partial charge is 0.0630 e. The lowest BCUT2D eigenvalue weighted by Crippen LogP contribution is -2.42. The SMILES string of the molecule is C1C2CC3CC1CC(C2)C3.C1C[C@H]2CC3CCC2CC13.CC(C)(C)C.CC(C)C. The first-order valence-corrected chi connectivity index (χ1v) is 13.6. The highest BCUT2D eigenvalue weighted by molar-refractivity contribution is 4.95. The maximum atomic E-state index is 2.19. The molecule has 0 radical (unpaired) electrons. The van der Waals surface area contributed by atoms with Gasteiger partial charge in [0.2, 0.25) is 0 Å². The molecule has 9 rings (SSSR count). The van der Waals surface area contributed by atoms with E-state index < -0.39 is 0 Å². The molecule has 0 amide bonds. The summed E-state index contributed by atoms with van der Waals surface area (Å²) in [6.45, 7) is 15.2. The second-order valence-electron chi connectivity index (χ2n) is 14.3. The highest BCUT2D eigenvalue weighted by Crippen LogP contribution is 2.56. The molecule has 4 atom stereocenters. The lowest BCUT2D eigenvalue weighted by molar-refractivity contribution is -0.0164. The summed E-state index contributed by atoms with van der Waals surface area (Å²) in [7, 11) is 0. The first-order chi connectivity index (χ1) is 13.6. The van der Waals surface area contributed by atoms with Gasteiger partial charge in [-0.05, 0) is 136 Å². The molecule has 0 aromatic heterocycles. The van der Waals surface area contributed by atoms with E-state index in [9.17, 15) is 0 Å². The Hall–Kier alpha value is 0. The first-order valence-electron chi connectivity index (χ1n) is 13.6. The van der Waals surface area contributed by atoms with Gasteiger partial charge in [0, 0.05) is 0 Å². The van der Waals surface area contributed by atoms with Crippen molar-refractivity contribution in [3.05, 3.63) is 0 Å². The number of fused-ring (bicyclic) bond motifs is 2. The lowest BCUT2D eigenvalue weighted by Gasteiger charge is -2.52. The van der Waals surface area contributed by atoms with Gasteiger partial charge in [-0.25, -0.2) is 0 Å². The molecule has 8 bridgehead atoms. The van der Waals surface area contributed by atoms with E-state index in [0.29, 0.717) is 5.41 Å². The third-order valence-corrected chi connectivity index (χ3v) is 8.36. The maximum Gasteiger partial charge on any atom is -0.0383 e. The summed E-state index contributed by atoms with van der Waals surface area (Å²) >= 11 is 0. The Balaban J connectivity index is 0.000000120. The van der Waals surface area contributed by atoms with Crippen molar-refractivity contribution in [3.8, 4) is 0 Å². The minimum absolute atomic E-state index is 0.500. The number of hydrogen-bond acceptors (Lipinski definition) is 0. The van der Waals surface area contributed by atoms with E-state index in [1.165, 1.54) is 47.3 Å². The van der Waals surface area contributed by atoms with E-state index in [4.69, 9.17) is 0 Å². The molecule has 0 N–H and O–H groups in total. The summed E-state index contributed by atoms with van der Waals surface area (Å²) in [5.74, 6) is 10.3. The van der Waals surface area contributed by atoms with Gasteiger partial charge in [0.25, 0.3) is 0 Å². The zero-order chi connectivity index (χ0) is 21.2. The Labute approximate surface area is 184 Å². The summed E-state index contributed by atoms with van der Waals surface area (Å²) in [6.07, 6.45) is 19.2. The van der Waals surface area contributed by atoms with Crippen LogP contribution in [0.3, 0.4) is 0 Å². The Morgan fingerprint density at radius 2 is 0.621 bits per heavy atom. The average Bonchev–Trinajstić information content (AvgIpc) is 2.60. The predicted molar refractivity (Wildman–Crippen MR) is 129 cm³/mol. The van der Waals surface area contributed by atoms with Crippen molar-refractivity contribution < 1.29 is 0 Å². The van der Waals surface area contributed by atoms with Gasteiger partial charge in [-0.1, -0.05) is 48.5 Å². The Kier molecular flexibility index (Phi) is 8.22. The predicted octanol–water partition coefficient (Wildman–Crippen LogP) is 9.38. The van der Waals surface area contributed by atoms with Crippen LogP contribution in [0.5, 0.6) is 0 Å². The van der Waals surface area contributed by atoms with E-state index in [1.807, 2.05) is 0 Å². The Bertz CT molecular complexity index is 381. The second-order valence-corrected chi connectivity index (χ2v) is 14.3. The molecule has 9 fully saturated rings. The van der Waals surface area contributed by atoms with Crippen molar-refractivity contribution in [2.75, 3.05) is 0 Å². The highest BCUT2D eigenvalue weighted by atomic mass is 14.5. The molecular weight excluding hydrogens is 348 g/mol. The molecular formula is C29H54. The van der Waals surface area contributed by atoms with Crippen LogP contribution in [0.1, 0.15) is 126 Å². The van der Waals surface area contributed by atoms with Gasteiger partial charge in [0.1, 0.15) is 0 Å². The van der Waals surface area contributed by atoms with Gasteiger partial charge in [-0.2, -0.15) is 0 Å². The molecule has 0 saturated heterocycles. The molecule has 0 aromatic rings. The smallest absolute Gasteiger partial charge is 0.0383 e. The minimum atomic E-state index is 0.500. The summed E-state index contributed by atoms with van der Waals surface area (Å²) < 4.78 is 0. The lowest BCUT2D eigenvalue weighted by atomic mass is 9.53. The summed E-state index contributed by atoms with van der Waals surface area (Å²) in [6, 6.07) is 0. The monoisotopic (exact) mass is 402 g/mol. The van der Waals surface area contributed by atoms with Crippen molar-refractivity contribution in [2.45, 2.75) is 126 Å². The van der Waals surface area contributed by atoms with Crippen LogP contribution in [-0.4, -0.2) is 0 Å². The average molecular weight is 403 g/mol. The van der Waals surface area contributed by atoms with E-state index >= 15 is 0 Å². The van der Waals surface area contributed by atoms with E-state index in [2.05, 4.69) is 48.5 Å². The van der Waals surface area contributed by atoms with E-state index in [-0.39, 0.29) is 0 Å². The van der Waals surface area contributed by atoms with Crippen LogP contribution < -0.4 is 0 Å². The number of rotatable bonds is 0. The van der Waals surface area contributed by atoms with Gasteiger partial charge in [0.15, 0.2) is 0 Å². The Morgan fingerprint density at radius 1 is 0.448 bits per heavy atom. The van der Waals surface area contributed by atoms with Gasteiger partial charge in [-0.3, -0.25) is 0 Å². The molecule has 170 valence electrons. The van der Waals surface area contributed by atoms with Crippen LogP contribution in [0.4, 0.5) is 0 Å². The standard InChI is InChI=1S/2C10H16.C5H12.C4H10/c1-7-2-9-4-8(1)5-10(3-7)6-9;1-2-8-6-9-3-4-10(8)5-7(1)9;1-5(2,3)4;1-4(2)3/h2*7-10H,1-6H2;1-4H3;4H,1-3H3/t;7-,8?,9?,10?;;/m.0../s1. The minimum Gasteiger partial charge on any atom is -0.0630 e. The van der Waals surface area contributed by atoms with Gasteiger partial charge in [0.05, 0.1) is 0 Å². The normalized spacial score (nSPS) is 43.0. The molecule has 9 aliphatic carbocycles. The molecule has 0 heterocycles. The third-order valence-electron chi connectivity index (χ3n) is 8.36. The van der Waals surface area contributed by atoms with Crippen molar-refractivity contribution in [1.82, 2.24) is 0 Å². The molecule has 29 heavy (non-hydrogen) atoms. The third kappa shape index (κ3) is 7.57. The van der Waals surface area contributed by atoms with Crippen molar-refractivity contribution >= 4 is 0 Å². The molecule has 0 aromatic carbocycles. The number of hydrogen-bond donors (Lipinski definition) is 0. The summed E-state index contributed by atoms with van der Waals surface area (Å²) in [5.41, 5.74) is 0.500. The van der Waals surface area contributed by atoms with Gasteiger partial charge in [-0.15, -0.1) is 0 Å². The zero-order valence-electron chi connectivity index (χ0n) is 21.2. The van der Waals surface area contributed by atoms with Crippen LogP contribution in [0.25, 0.3) is 0 Å². The van der Waals surface area contributed by atoms with Crippen LogP contribution in [0.2, 0.25) is 0 Å². The summed E-state index contributed by atoms with van der Waals surface area (Å²) in [5, 5.41) is 0. The quantitative estimate of drug-likeness (QED) is 0.378. The fraction of sp³-hybridized carbons (Fsp3) is 1.00. The van der Waals surface area contributed by atoms with E-state index in [0.717, 1.165) is 5.92 Å². The maximum absolute atomic E-state index is 2.19. The van der Waals surface area contributed by atoms with Gasteiger partial charge >= 0.3 is 0 Å². The molecule has 3 unspecified atom stereocenters. The van der Waals surface area contributed by atoms with Crippen LogP contribution in [-0.2, 0) is 0 Å². The van der Waals surface area contributed by atoms with Crippen LogP contribution in [0, 0.1) is 58.7 Å². The zero-order valence-corrected chi connectivity index (χ0v) is 21.2. The van der Waals surface area contributed by atoms with Crippen molar-refractivity contribution in [3.63, 3.8) is 0 Å². The fourth-order valence-corrected chi connectivity index (χ4v) is 7.80. The Morgan fingerprint density at radius 3 is 0.759 bits per heavy atom. The molecule has 0 aliphatic heterocycles. The van der Waals surface area contributed by atoms with E-state index in [1.54, 1.807) is 77.0 Å². The fourth-order valence-electron chi connectivity index (χ4n) is 7.80. The first kappa shape index (κ1) is 23.7. The molecule has 0 heteroatoms. The van der Waals surface area contributed by atoms with Crippen molar-refractivity contribution in [1.29, 1.82) is 0 Å². The molecule has 0 nitrogen and oxygen atoms in total. The summed E-state index contributed by atoms with van der Waals surface area (Å²) in [4.78, 5) is 0. The van der Waals surface area contributed by atoms with Crippen molar-refractivity contribution in [2.24, 2.45) is 58.7 Å². The topological polar surface area (TPSA) is 0 Å². The highest BCUT2D eigenvalue weighted by Gasteiger charge is 2.45. The van der Waals surface area contributed by atoms with Crippen LogP contribution in [0.15, 0.2) is 0 Å². The second kappa shape index (κ2) is 10.1.